The highest BCUT2D eigenvalue weighted by Gasteiger charge is 2.18. The van der Waals surface area contributed by atoms with Crippen molar-refractivity contribution in [2.24, 2.45) is 11.7 Å². The summed E-state index contributed by atoms with van der Waals surface area (Å²) in [5.41, 5.74) is 12.3. The van der Waals surface area contributed by atoms with Crippen LogP contribution in [0.2, 0.25) is 0 Å². The number of nitrogen functional groups attached to an aromatic ring is 1. The molecule has 2 unspecified atom stereocenters. The lowest BCUT2D eigenvalue weighted by molar-refractivity contribution is -0.120. The van der Waals surface area contributed by atoms with Crippen molar-refractivity contribution >= 4 is 33.5 Å². The fourth-order valence-corrected chi connectivity index (χ4v) is 2.54. The fraction of sp³-hybridized carbons (Fsp3) is 0.273. The molecule has 0 radical (unpaired) electrons. The van der Waals surface area contributed by atoms with Gasteiger partial charge >= 0.3 is 0 Å². The molecule has 2 rings (SSSR count). The van der Waals surface area contributed by atoms with Crippen molar-refractivity contribution in [2.75, 3.05) is 11.5 Å². The molecule has 96 valence electrons. The third-order valence-electron chi connectivity index (χ3n) is 2.47. The zero-order valence-corrected chi connectivity index (χ0v) is 10.6. The molecule has 1 amide bonds. The van der Waals surface area contributed by atoms with Gasteiger partial charge in [0.2, 0.25) is 5.91 Å². The second kappa shape index (κ2) is 4.77. The Morgan fingerprint density at radius 1 is 1.56 bits per heavy atom. The van der Waals surface area contributed by atoms with E-state index in [1.807, 2.05) is 0 Å². The Balaban J connectivity index is 2.26. The first kappa shape index (κ1) is 12.6. The van der Waals surface area contributed by atoms with E-state index in [9.17, 15) is 9.00 Å². The molecule has 0 saturated heterocycles. The van der Waals surface area contributed by atoms with Gasteiger partial charge in [0.1, 0.15) is 16.3 Å². The summed E-state index contributed by atoms with van der Waals surface area (Å²) < 4.78 is 17.3. The zero-order chi connectivity index (χ0) is 13.3. The number of rotatable bonds is 4. The number of fused-ring (bicyclic) bond motifs is 1. The maximum Gasteiger partial charge on any atom is 0.287 e. The van der Waals surface area contributed by atoms with Crippen molar-refractivity contribution in [1.29, 1.82) is 0 Å². The second-order valence-electron chi connectivity index (χ2n) is 4.02. The second-order valence-corrected chi connectivity index (χ2v) is 5.40. The summed E-state index contributed by atoms with van der Waals surface area (Å²) in [6.07, 6.45) is 0. The molecule has 1 aromatic heterocycles. The molecule has 0 fully saturated rings. The molecule has 6 nitrogen and oxygen atoms in total. The monoisotopic (exact) mass is 267 g/mol. The Hall–Kier alpha value is -1.89. The zero-order valence-electron chi connectivity index (χ0n) is 9.75. The van der Waals surface area contributed by atoms with E-state index in [1.54, 1.807) is 25.1 Å². The van der Waals surface area contributed by atoms with Crippen molar-refractivity contribution in [2.45, 2.75) is 12.1 Å². The van der Waals surface area contributed by atoms with Gasteiger partial charge < -0.3 is 15.9 Å². The molecule has 2 atom stereocenters. The fourth-order valence-electron chi connectivity index (χ4n) is 1.40. The first-order chi connectivity index (χ1) is 8.47. The molecule has 0 aliphatic heterocycles. The lowest BCUT2D eigenvalue weighted by Gasteiger charge is -2.03. The average Bonchev–Trinajstić information content (AvgIpc) is 2.71. The van der Waals surface area contributed by atoms with Gasteiger partial charge in [-0.25, -0.2) is 9.19 Å². The largest absolute Gasteiger partial charge is 0.430 e. The highest BCUT2D eigenvalue weighted by Crippen LogP contribution is 2.20. The number of aromatic nitrogens is 1. The molecule has 0 aliphatic rings. The first-order valence-corrected chi connectivity index (χ1v) is 6.63. The van der Waals surface area contributed by atoms with Crippen molar-refractivity contribution in [1.82, 2.24) is 4.98 Å². The van der Waals surface area contributed by atoms with Crippen LogP contribution in [0.15, 0.2) is 27.8 Å². The first-order valence-electron chi connectivity index (χ1n) is 5.31. The number of benzene rings is 1. The van der Waals surface area contributed by atoms with Crippen LogP contribution in [0.25, 0.3) is 11.1 Å². The molecule has 18 heavy (non-hydrogen) atoms. The van der Waals surface area contributed by atoms with E-state index in [2.05, 4.69) is 4.98 Å². The van der Waals surface area contributed by atoms with Crippen molar-refractivity contribution in [3.8, 4) is 0 Å². The summed E-state index contributed by atoms with van der Waals surface area (Å²) >= 11 is 0. The minimum atomic E-state index is -1.49. The Labute approximate surface area is 106 Å². The van der Waals surface area contributed by atoms with Gasteiger partial charge in [-0.15, -0.1) is 0 Å². The number of carbonyl (C=O) groups is 1. The molecule has 4 N–H and O–H groups in total. The summed E-state index contributed by atoms with van der Waals surface area (Å²) in [6, 6.07) is 4.98. The van der Waals surface area contributed by atoms with Crippen molar-refractivity contribution < 1.29 is 13.4 Å². The van der Waals surface area contributed by atoms with Crippen LogP contribution in [0.4, 0.5) is 5.69 Å². The third-order valence-corrected chi connectivity index (χ3v) is 3.84. The SMILES string of the molecule is CC(CS(=O)c1nc2ccc(N)cc2o1)C(N)=O. The van der Waals surface area contributed by atoms with Gasteiger partial charge in [-0.05, 0) is 12.1 Å². The van der Waals surface area contributed by atoms with Crippen LogP contribution in [0.5, 0.6) is 0 Å². The highest BCUT2D eigenvalue weighted by molar-refractivity contribution is 7.84. The number of hydrogen-bond donors (Lipinski definition) is 2. The Bertz CT molecular complexity index is 623. The van der Waals surface area contributed by atoms with E-state index in [0.29, 0.717) is 16.8 Å². The number of nitrogens with zero attached hydrogens (tertiary/aromatic N) is 1. The quantitative estimate of drug-likeness (QED) is 0.789. The normalized spacial score (nSPS) is 14.5. The molecular weight excluding hydrogens is 254 g/mol. The average molecular weight is 267 g/mol. The Morgan fingerprint density at radius 2 is 2.28 bits per heavy atom. The van der Waals surface area contributed by atoms with Crippen LogP contribution in [-0.2, 0) is 15.6 Å². The molecular formula is C11H13N3O3S. The van der Waals surface area contributed by atoms with Crippen LogP contribution >= 0.6 is 0 Å². The number of carbonyl (C=O) groups excluding carboxylic acids is 1. The van der Waals surface area contributed by atoms with Crippen LogP contribution in [0.1, 0.15) is 6.92 Å². The van der Waals surface area contributed by atoms with Gasteiger partial charge in [-0.1, -0.05) is 6.92 Å². The lowest BCUT2D eigenvalue weighted by atomic mass is 10.2. The third kappa shape index (κ3) is 2.51. The number of hydrogen-bond acceptors (Lipinski definition) is 5. The number of anilines is 1. The number of nitrogens with two attached hydrogens (primary N) is 2. The minimum absolute atomic E-state index is 0.0868. The van der Waals surface area contributed by atoms with Crippen LogP contribution in [0.3, 0.4) is 0 Å². The standard InChI is InChI=1S/C11H13N3O3S/c1-6(10(13)15)5-18(16)11-14-8-3-2-7(12)4-9(8)17-11/h2-4,6H,5,12H2,1H3,(H2,13,15). The Morgan fingerprint density at radius 3 is 2.94 bits per heavy atom. The summed E-state index contributed by atoms with van der Waals surface area (Å²) in [5.74, 6) is -0.896. The van der Waals surface area contributed by atoms with Gasteiger partial charge in [-0.3, -0.25) is 4.79 Å². The predicted octanol–water partition coefficient (Wildman–Crippen LogP) is 0.639. The number of amides is 1. The molecule has 0 saturated carbocycles. The van der Waals surface area contributed by atoms with E-state index in [-0.39, 0.29) is 11.0 Å². The molecule has 7 heteroatoms. The van der Waals surface area contributed by atoms with Crippen molar-refractivity contribution in [3.05, 3.63) is 18.2 Å². The summed E-state index contributed by atoms with van der Waals surface area (Å²) in [7, 11) is -1.49. The molecule has 2 aromatic rings. The number of primary amides is 1. The van der Waals surface area contributed by atoms with Crippen LogP contribution < -0.4 is 11.5 Å². The van der Waals surface area contributed by atoms with E-state index < -0.39 is 22.6 Å². The topological polar surface area (TPSA) is 112 Å². The van der Waals surface area contributed by atoms with Crippen LogP contribution in [0, 0.1) is 5.92 Å². The van der Waals surface area contributed by atoms with E-state index >= 15 is 0 Å². The van der Waals surface area contributed by atoms with E-state index in [4.69, 9.17) is 15.9 Å². The smallest absolute Gasteiger partial charge is 0.287 e. The molecule has 0 bridgehead atoms. The van der Waals surface area contributed by atoms with E-state index in [0.717, 1.165) is 0 Å². The maximum atomic E-state index is 11.9. The van der Waals surface area contributed by atoms with Crippen molar-refractivity contribution in [3.63, 3.8) is 0 Å². The summed E-state index contributed by atoms with van der Waals surface area (Å²) in [6.45, 7) is 1.61. The maximum absolute atomic E-state index is 11.9. The highest BCUT2D eigenvalue weighted by atomic mass is 32.2. The van der Waals surface area contributed by atoms with E-state index in [1.165, 1.54) is 0 Å². The van der Waals surface area contributed by atoms with Gasteiger partial charge in [0.15, 0.2) is 5.58 Å². The number of oxazole rings is 1. The molecule has 0 aliphatic carbocycles. The molecule has 1 heterocycles. The van der Waals surface area contributed by atoms with Gasteiger partial charge in [0.25, 0.3) is 5.22 Å². The van der Waals surface area contributed by atoms with Gasteiger partial charge in [0, 0.05) is 23.4 Å². The minimum Gasteiger partial charge on any atom is -0.430 e. The van der Waals surface area contributed by atoms with Gasteiger partial charge in [-0.2, -0.15) is 0 Å². The lowest BCUT2D eigenvalue weighted by Crippen LogP contribution is -2.25. The van der Waals surface area contributed by atoms with Crippen LogP contribution in [-0.4, -0.2) is 20.9 Å². The summed E-state index contributed by atoms with van der Waals surface area (Å²) in [5, 5.41) is 0.0868. The predicted molar refractivity (Wildman–Crippen MR) is 68.1 cm³/mol. The summed E-state index contributed by atoms with van der Waals surface area (Å²) in [4.78, 5) is 15.0. The molecule has 1 aromatic carbocycles. The Kier molecular flexibility index (Phi) is 3.33. The van der Waals surface area contributed by atoms with Gasteiger partial charge in [0.05, 0.1) is 0 Å². The molecule has 0 spiro atoms.